The fraction of sp³-hybridized carbons (Fsp3) is 0.535. The lowest BCUT2D eigenvalue weighted by molar-refractivity contribution is -0.119. The molecule has 47 heavy (non-hydrogen) atoms. The van der Waals surface area contributed by atoms with Crippen molar-refractivity contribution in [2.45, 2.75) is 103 Å². The minimum atomic E-state index is -0.718. The quantitative estimate of drug-likeness (QED) is 0.244. The summed E-state index contributed by atoms with van der Waals surface area (Å²) in [5, 5.41) is 0. The molecule has 0 aromatic heterocycles. The molecule has 1 heterocycles. The second kappa shape index (κ2) is 11.1. The highest BCUT2D eigenvalue weighted by Gasteiger charge is 2.61. The summed E-state index contributed by atoms with van der Waals surface area (Å²) in [4.78, 5) is 24.2. The molecule has 1 aliphatic heterocycles. The van der Waals surface area contributed by atoms with Gasteiger partial charge in [-0.2, -0.15) is 0 Å². The van der Waals surface area contributed by atoms with E-state index in [1.807, 2.05) is 6.92 Å². The maximum atomic E-state index is 12.2. The van der Waals surface area contributed by atoms with Gasteiger partial charge in [0, 0.05) is 5.41 Å². The first-order valence-corrected chi connectivity index (χ1v) is 18.3. The van der Waals surface area contributed by atoms with Crippen molar-refractivity contribution in [3.05, 3.63) is 101 Å². The van der Waals surface area contributed by atoms with Crippen molar-refractivity contribution in [2.75, 3.05) is 0 Å². The second-order valence-electron chi connectivity index (χ2n) is 16.5. The van der Waals surface area contributed by atoms with Crippen LogP contribution in [0.25, 0.3) is 0 Å². The van der Waals surface area contributed by atoms with Crippen molar-refractivity contribution in [1.29, 1.82) is 0 Å². The number of benzene rings is 2. The summed E-state index contributed by atoms with van der Waals surface area (Å²) < 4.78 is 11.3. The number of fused-ring (bicyclic) bond motifs is 6. The van der Waals surface area contributed by atoms with Crippen LogP contribution in [0.2, 0.25) is 0 Å². The van der Waals surface area contributed by atoms with E-state index in [4.69, 9.17) is 9.47 Å². The molecule has 0 bridgehead atoms. The molecule has 9 atom stereocenters. The van der Waals surface area contributed by atoms with E-state index in [1.165, 1.54) is 68.9 Å². The van der Waals surface area contributed by atoms with Gasteiger partial charge >= 0.3 is 11.9 Å². The highest BCUT2D eigenvalue weighted by Crippen LogP contribution is 2.69. The Morgan fingerprint density at radius 3 is 2.40 bits per heavy atom. The number of hydrogen-bond acceptors (Lipinski definition) is 4. The molecule has 0 N–H and O–H groups in total. The van der Waals surface area contributed by atoms with Crippen LogP contribution in [0.4, 0.5) is 0 Å². The van der Waals surface area contributed by atoms with E-state index in [9.17, 15) is 9.59 Å². The topological polar surface area (TPSA) is 52.6 Å². The minimum Gasteiger partial charge on any atom is -0.479 e. The molecular formula is C43H50O4. The lowest BCUT2D eigenvalue weighted by atomic mass is 9.42. The SMILES string of the molecule is CCC1CCC2C3CCC4CC(C5=CC=CC(C)(Oc6ccc7c(c6)C(=O)OC7=O)C=C5)(c5ccccc5)CCC4(C)C3CCC12C. The number of rotatable bonds is 5. The molecule has 4 nitrogen and oxygen atoms in total. The third kappa shape index (κ3) is 4.75. The fourth-order valence-electron chi connectivity index (χ4n) is 12.0. The summed E-state index contributed by atoms with van der Waals surface area (Å²) in [6, 6.07) is 16.3. The van der Waals surface area contributed by atoms with Gasteiger partial charge in [0.25, 0.3) is 0 Å². The van der Waals surface area contributed by atoms with Crippen molar-refractivity contribution >= 4 is 11.9 Å². The van der Waals surface area contributed by atoms with E-state index in [0.717, 1.165) is 30.1 Å². The Labute approximate surface area is 280 Å². The molecule has 6 aliphatic rings. The molecule has 0 saturated heterocycles. The second-order valence-corrected chi connectivity index (χ2v) is 16.5. The van der Waals surface area contributed by atoms with Gasteiger partial charge < -0.3 is 9.47 Å². The summed E-state index contributed by atoms with van der Waals surface area (Å²) in [6.45, 7) is 9.84. The lowest BCUT2D eigenvalue weighted by Crippen LogP contribution is -2.55. The zero-order valence-electron chi connectivity index (χ0n) is 28.6. The van der Waals surface area contributed by atoms with Crippen LogP contribution >= 0.6 is 0 Å². The molecule has 0 amide bonds. The van der Waals surface area contributed by atoms with Gasteiger partial charge in [0.15, 0.2) is 0 Å². The van der Waals surface area contributed by atoms with E-state index >= 15 is 0 Å². The van der Waals surface area contributed by atoms with Gasteiger partial charge in [-0.15, -0.1) is 0 Å². The Bertz CT molecular complexity index is 1680. The van der Waals surface area contributed by atoms with E-state index in [0.29, 0.717) is 28.1 Å². The first-order chi connectivity index (χ1) is 22.6. The Hall–Kier alpha value is -3.40. The summed E-state index contributed by atoms with van der Waals surface area (Å²) in [7, 11) is 0. The monoisotopic (exact) mass is 630 g/mol. The van der Waals surface area contributed by atoms with Crippen LogP contribution in [0.1, 0.15) is 118 Å². The maximum Gasteiger partial charge on any atom is 0.347 e. The van der Waals surface area contributed by atoms with Crippen molar-refractivity contribution < 1.29 is 19.1 Å². The number of hydrogen-bond donors (Lipinski definition) is 0. The molecule has 0 radical (unpaired) electrons. The molecule has 2 aromatic carbocycles. The molecule has 246 valence electrons. The number of carbonyl (C=O) groups excluding carboxylic acids is 2. The average Bonchev–Trinajstić information content (AvgIpc) is 3.48. The van der Waals surface area contributed by atoms with Gasteiger partial charge in [0.2, 0.25) is 0 Å². The van der Waals surface area contributed by atoms with E-state index < -0.39 is 17.5 Å². The van der Waals surface area contributed by atoms with Crippen LogP contribution in [0.3, 0.4) is 0 Å². The van der Waals surface area contributed by atoms with Crippen LogP contribution in [0.15, 0.2) is 84.5 Å². The summed E-state index contributed by atoms with van der Waals surface area (Å²) >= 11 is 0. The van der Waals surface area contributed by atoms with E-state index in [2.05, 4.69) is 81.5 Å². The van der Waals surface area contributed by atoms with Crippen LogP contribution in [-0.4, -0.2) is 17.5 Å². The van der Waals surface area contributed by atoms with Crippen molar-refractivity contribution in [3.63, 3.8) is 0 Å². The first-order valence-electron chi connectivity index (χ1n) is 18.3. The number of ether oxygens (including phenoxy) is 2. The minimum absolute atomic E-state index is 0.0497. The highest BCUT2D eigenvalue weighted by atomic mass is 16.6. The van der Waals surface area contributed by atoms with Crippen LogP contribution in [-0.2, 0) is 10.2 Å². The molecule has 4 heteroatoms. The predicted molar refractivity (Wildman–Crippen MR) is 185 cm³/mol. The molecule has 8 rings (SSSR count). The Morgan fingerprint density at radius 1 is 0.809 bits per heavy atom. The third-order valence-corrected chi connectivity index (χ3v) is 14.6. The van der Waals surface area contributed by atoms with Gasteiger partial charge in [-0.1, -0.05) is 75.8 Å². The Kier molecular flexibility index (Phi) is 7.28. The number of carbonyl (C=O) groups is 2. The molecular weight excluding hydrogens is 580 g/mol. The normalized spacial score (nSPS) is 40.4. The third-order valence-electron chi connectivity index (χ3n) is 14.6. The molecule has 0 spiro atoms. The maximum absolute atomic E-state index is 12.2. The Morgan fingerprint density at radius 2 is 1.60 bits per heavy atom. The first kappa shape index (κ1) is 30.9. The number of esters is 2. The van der Waals surface area contributed by atoms with Crippen molar-refractivity contribution in [1.82, 2.24) is 0 Å². The van der Waals surface area contributed by atoms with Gasteiger partial charge in [-0.25, -0.2) is 9.59 Å². The van der Waals surface area contributed by atoms with Crippen LogP contribution in [0.5, 0.6) is 5.75 Å². The molecule has 4 fully saturated rings. The predicted octanol–water partition coefficient (Wildman–Crippen LogP) is 10.2. The molecule has 2 aromatic rings. The lowest BCUT2D eigenvalue weighted by Gasteiger charge is -2.63. The van der Waals surface area contributed by atoms with Gasteiger partial charge in [0.1, 0.15) is 11.4 Å². The molecule has 5 aliphatic carbocycles. The van der Waals surface area contributed by atoms with Crippen molar-refractivity contribution in [3.8, 4) is 5.75 Å². The fourth-order valence-corrected chi connectivity index (χ4v) is 12.0. The zero-order valence-corrected chi connectivity index (χ0v) is 28.6. The van der Waals surface area contributed by atoms with Gasteiger partial charge in [-0.3, -0.25) is 0 Å². The molecule has 9 unspecified atom stereocenters. The zero-order chi connectivity index (χ0) is 32.6. The largest absolute Gasteiger partial charge is 0.479 e. The smallest absolute Gasteiger partial charge is 0.347 e. The molecule has 4 saturated carbocycles. The standard InChI is InChI=1S/C43H50O4/c1-5-28-14-18-36-34-16-13-31-27-43(29-10-7-6-8-11-29,25-24-42(31,4)37(34)20-23-41(28,36)3)30-12-9-21-40(2,22-19-30)47-32-15-17-33-35(26-32)39(45)46-38(33)44/h6-12,15,17,19,21-22,26,28,31,34,36-37H,5,13-14,16,18,20,23-25,27H2,1-4H3. The highest BCUT2D eigenvalue weighted by molar-refractivity contribution is 6.14. The number of allylic oxidation sites excluding steroid dienone is 4. The summed E-state index contributed by atoms with van der Waals surface area (Å²) in [6.07, 6.45) is 24.6. The van der Waals surface area contributed by atoms with E-state index in [-0.39, 0.29) is 11.0 Å². The summed E-state index contributed by atoms with van der Waals surface area (Å²) in [5.41, 5.74) is 3.55. The van der Waals surface area contributed by atoms with Gasteiger partial charge in [-0.05, 0) is 147 Å². The van der Waals surface area contributed by atoms with Crippen LogP contribution < -0.4 is 4.74 Å². The number of cyclic esters (lactones) is 2. The average molecular weight is 631 g/mol. The summed E-state index contributed by atoms with van der Waals surface area (Å²) in [5.74, 6) is 3.66. The van der Waals surface area contributed by atoms with Gasteiger partial charge in [0.05, 0.1) is 11.1 Å². The Balaban J connectivity index is 1.08. The van der Waals surface area contributed by atoms with Crippen LogP contribution in [0, 0.1) is 40.4 Å². The van der Waals surface area contributed by atoms with Crippen molar-refractivity contribution in [2.24, 2.45) is 40.4 Å². The van der Waals surface area contributed by atoms with E-state index in [1.54, 1.807) is 18.2 Å².